The molecule has 0 aromatic rings. The lowest BCUT2D eigenvalue weighted by atomic mass is 10.0. The van der Waals surface area contributed by atoms with E-state index in [0.717, 1.165) is 32.5 Å². The first-order valence-corrected chi connectivity index (χ1v) is 7.00. The van der Waals surface area contributed by atoms with Gasteiger partial charge in [0, 0.05) is 19.6 Å². The number of rotatable bonds is 12. The lowest BCUT2D eigenvalue weighted by Crippen LogP contribution is -2.09. The molecule has 0 saturated carbocycles. The summed E-state index contributed by atoms with van der Waals surface area (Å²) in [4.78, 5) is 10.3. The highest BCUT2D eigenvalue weighted by Crippen LogP contribution is 2.13. The Labute approximate surface area is 106 Å². The van der Waals surface area contributed by atoms with Gasteiger partial charge in [-0.15, -0.1) is 0 Å². The second-order valence-corrected chi connectivity index (χ2v) is 4.70. The molecule has 0 amide bonds. The molecule has 0 fully saturated rings. The predicted molar refractivity (Wildman–Crippen MR) is 70.2 cm³/mol. The highest BCUT2D eigenvalue weighted by atomic mass is 16.5. The fourth-order valence-electron chi connectivity index (χ4n) is 1.81. The van der Waals surface area contributed by atoms with Crippen LogP contribution in [0.5, 0.6) is 0 Å². The molecule has 3 heteroatoms. The fourth-order valence-corrected chi connectivity index (χ4v) is 1.81. The summed E-state index contributed by atoms with van der Waals surface area (Å²) in [6, 6.07) is 0. The molecule has 0 heterocycles. The summed E-state index contributed by atoms with van der Waals surface area (Å²) in [6.45, 7) is 6.09. The Morgan fingerprint density at radius 2 is 1.94 bits per heavy atom. The standard InChI is InChI=1S/C14H28O3/c1-3-5-9-13(4-2)12-17-11-8-6-7-10-14(15)16/h13H,3-12H2,1-2H3,(H,15,16). The summed E-state index contributed by atoms with van der Waals surface area (Å²) < 4.78 is 5.64. The van der Waals surface area contributed by atoms with Crippen molar-refractivity contribution in [3.05, 3.63) is 0 Å². The van der Waals surface area contributed by atoms with Crippen molar-refractivity contribution in [3.63, 3.8) is 0 Å². The Morgan fingerprint density at radius 3 is 2.53 bits per heavy atom. The van der Waals surface area contributed by atoms with Gasteiger partial charge in [-0.25, -0.2) is 0 Å². The van der Waals surface area contributed by atoms with Crippen LogP contribution in [-0.2, 0) is 9.53 Å². The van der Waals surface area contributed by atoms with Gasteiger partial charge in [0.2, 0.25) is 0 Å². The maximum absolute atomic E-state index is 10.3. The van der Waals surface area contributed by atoms with Gasteiger partial charge in [-0.05, 0) is 25.2 Å². The predicted octanol–water partition coefficient (Wildman–Crippen LogP) is 3.86. The van der Waals surface area contributed by atoms with Crippen molar-refractivity contribution in [1.29, 1.82) is 0 Å². The maximum Gasteiger partial charge on any atom is 0.303 e. The van der Waals surface area contributed by atoms with E-state index in [9.17, 15) is 4.79 Å². The molecule has 102 valence electrons. The van der Waals surface area contributed by atoms with E-state index in [0.29, 0.717) is 5.92 Å². The molecule has 0 bridgehead atoms. The van der Waals surface area contributed by atoms with Gasteiger partial charge < -0.3 is 9.84 Å². The minimum atomic E-state index is -0.698. The first-order valence-electron chi connectivity index (χ1n) is 7.00. The number of hydrogen-bond donors (Lipinski definition) is 1. The third-order valence-electron chi connectivity index (χ3n) is 3.08. The molecule has 0 aliphatic carbocycles. The Morgan fingerprint density at radius 1 is 1.18 bits per heavy atom. The van der Waals surface area contributed by atoms with Crippen molar-refractivity contribution in [2.24, 2.45) is 5.92 Å². The van der Waals surface area contributed by atoms with Crippen molar-refractivity contribution in [2.45, 2.75) is 65.2 Å². The van der Waals surface area contributed by atoms with Crippen LogP contribution in [0.1, 0.15) is 65.2 Å². The highest BCUT2D eigenvalue weighted by molar-refractivity contribution is 5.66. The van der Waals surface area contributed by atoms with E-state index in [1.165, 1.54) is 25.7 Å². The number of hydrogen-bond acceptors (Lipinski definition) is 2. The van der Waals surface area contributed by atoms with Crippen LogP contribution in [0.3, 0.4) is 0 Å². The van der Waals surface area contributed by atoms with E-state index in [4.69, 9.17) is 9.84 Å². The molecule has 0 aliphatic heterocycles. The largest absolute Gasteiger partial charge is 0.481 e. The molecular formula is C14H28O3. The van der Waals surface area contributed by atoms with Gasteiger partial charge >= 0.3 is 5.97 Å². The molecular weight excluding hydrogens is 216 g/mol. The van der Waals surface area contributed by atoms with Crippen LogP contribution in [-0.4, -0.2) is 24.3 Å². The molecule has 1 N–H and O–H groups in total. The van der Waals surface area contributed by atoms with Crippen LogP contribution in [0.4, 0.5) is 0 Å². The van der Waals surface area contributed by atoms with E-state index in [2.05, 4.69) is 13.8 Å². The Hall–Kier alpha value is -0.570. The summed E-state index contributed by atoms with van der Waals surface area (Å²) in [7, 11) is 0. The molecule has 1 unspecified atom stereocenters. The molecule has 0 spiro atoms. The molecule has 0 aromatic carbocycles. The summed E-state index contributed by atoms with van der Waals surface area (Å²) in [5.74, 6) is 0.00509. The summed E-state index contributed by atoms with van der Waals surface area (Å²) in [6.07, 6.45) is 8.01. The number of carboxylic acids is 1. The van der Waals surface area contributed by atoms with E-state index < -0.39 is 5.97 Å². The quantitative estimate of drug-likeness (QED) is 0.530. The van der Waals surface area contributed by atoms with Crippen molar-refractivity contribution in [2.75, 3.05) is 13.2 Å². The van der Waals surface area contributed by atoms with Crippen LogP contribution in [0.2, 0.25) is 0 Å². The van der Waals surface area contributed by atoms with E-state index >= 15 is 0 Å². The minimum absolute atomic E-state index is 0.286. The van der Waals surface area contributed by atoms with Crippen LogP contribution in [0, 0.1) is 5.92 Å². The third-order valence-corrected chi connectivity index (χ3v) is 3.08. The van der Waals surface area contributed by atoms with E-state index in [-0.39, 0.29) is 6.42 Å². The van der Waals surface area contributed by atoms with Gasteiger partial charge in [0.05, 0.1) is 0 Å². The van der Waals surface area contributed by atoms with Gasteiger partial charge in [0.25, 0.3) is 0 Å². The average molecular weight is 244 g/mol. The van der Waals surface area contributed by atoms with Crippen LogP contribution >= 0.6 is 0 Å². The molecule has 1 atom stereocenters. The Bertz CT molecular complexity index is 180. The maximum atomic E-state index is 10.3. The van der Waals surface area contributed by atoms with Crippen LogP contribution in [0.25, 0.3) is 0 Å². The lowest BCUT2D eigenvalue weighted by Gasteiger charge is -2.14. The van der Waals surface area contributed by atoms with Gasteiger partial charge in [0.15, 0.2) is 0 Å². The molecule has 0 radical (unpaired) electrons. The van der Waals surface area contributed by atoms with Crippen molar-refractivity contribution in [1.82, 2.24) is 0 Å². The zero-order valence-corrected chi connectivity index (χ0v) is 11.4. The van der Waals surface area contributed by atoms with E-state index in [1.807, 2.05) is 0 Å². The second kappa shape index (κ2) is 11.9. The second-order valence-electron chi connectivity index (χ2n) is 4.70. The fraction of sp³-hybridized carbons (Fsp3) is 0.929. The van der Waals surface area contributed by atoms with Crippen molar-refractivity contribution >= 4 is 5.97 Å². The average Bonchev–Trinajstić information content (AvgIpc) is 2.31. The zero-order chi connectivity index (χ0) is 12.9. The Balaban J connectivity index is 3.27. The number of ether oxygens (including phenoxy) is 1. The van der Waals surface area contributed by atoms with Crippen LogP contribution < -0.4 is 0 Å². The lowest BCUT2D eigenvalue weighted by molar-refractivity contribution is -0.137. The molecule has 0 saturated heterocycles. The van der Waals surface area contributed by atoms with E-state index in [1.54, 1.807) is 0 Å². The number of aliphatic carboxylic acids is 1. The van der Waals surface area contributed by atoms with Crippen LogP contribution in [0.15, 0.2) is 0 Å². The number of unbranched alkanes of at least 4 members (excludes halogenated alkanes) is 3. The first kappa shape index (κ1) is 16.4. The number of carbonyl (C=O) groups is 1. The SMILES string of the molecule is CCCCC(CC)COCCCCCC(=O)O. The van der Waals surface area contributed by atoms with Gasteiger partial charge in [-0.3, -0.25) is 4.79 Å². The molecule has 0 aromatic heterocycles. The minimum Gasteiger partial charge on any atom is -0.481 e. The Kier molecular flexibility index (Phi) is 11.5. The summed E-state index contributed by atoms with van der Waals surface area (Å²) in [5.41, 5.74) is 0. The van der Waals surface area contributed by atoms with Gasteiger partial charge in [-0.1, -0.05) is 39.5 Å². The van der Waals surface area contributed by atoms with Gasteiger partial charge in [0.1, 0.15) is 0 Å². The van der Waals surface area contributed by atoms with Crippen molar-refractivity contribution in [3.8, 4) is 0 Å². The number of carboxylic acid groups (broad SMARTS) is 1. The normalized spacial score (nSPS) is 12.6. The molecule has 0 rings (SSSR count). The third kappa shape index (κ3) is 11.7. The summed E-state index contributed by atoms with van der Waals surface area (Å²) in [5, 5.41) is 8.47. The molecule has 3 nitrogen and oxygen atoms in total. The topological polar surface area (TPSA) is 46.5 Å². The first-order chi connectivity index (χ1) is 8.20. The molecule has 0 aliphatic rings. The van der Waals surface area contributed by atoms with Gasteiger partial charge in [-0.2, -0.15) is 0 Å². The summed E-state index contributed by atoms with van der Waals surface area (Å²) >= 11 is 0. The molecule has 17 heavy (non-hydrogen) atoms. The smallest absolute Gasteiger partial charge is 0.303 e. The highest BCUT2D eigenvalue weighted by Gasteiger charge is 2.05. The monoisotopic (exact) mass is 244 g/mol. The van der Waals surface area contributed by atoms with Crippen molar-refractivity contribution < 1.29 is 14.6 Å². The zero-order valence-electron chi connectivity index (χ0n) is 11.4.